The standard InChI is InChI=1S/C13H24N2OS/c1-12(2,3)10-8-17-11(14-10)7-15(6)9-13(4,5)16/h8,16H,7,9H2,1-6H3. The van der Waals surface area contributed by atoms with Gasteiger partial charge in [0.15, 0.2) is 0 Å². The summed E-state index contributed by atoms with van der Waals surface area (Å²) in [7, 11) is 2.01. The third-order valence-corrected chi connectivity index (χ3v) is 3.22. The Bertz CT molecular complexity index is 360. The monoisotopic (exact) mass is 256 g/mol. The summed E-state index contributed by atoms with van der Waals surface area (Å²) in [6, 6.07) is 0. The van der Waals surface area contributed by atoms with Crippen molar-refractivity contribution in [2.45, 2.75) is 52.2 Å². The quantitative estimate of drug-likeness (QED) is 0.899. The molecule has 1 N–H and O–H groups in total. The second kappa shape index (κ2) is 5.04. The number of hydrogen-bond donors (Lipinski definition) is 1. The first-order valence-electron chi connectivity index (χ1n) is 5.94. The number of aliphatic hydroxyl groups is 1. The van der Waals surface area contributed by atoms with E-state index in [2.05, 4.69) is 36.0 Å². The van der Waals surface area contributed by atoms with E-state index in [1.54, 1.807) is 11.3 Å². The van der Waals surface area contributed by atoms with Crippen LogP contribution in [0.4, 0.5) is 0 Å². The maximum absolute atomic E-state index is 9.74. The molecule has 0 aliphatic rings. The van der Waals surface area contributed by atoms with Crippen LogP contribution in [0.1, 0.15) is 45.3 Å². The van der Waals surface area contributed by atoms with Crippen LogP contribution in [0.5, 0.6) is 0 Å². The van der Waals surface area contributed by atoms with Crippen LogP contribution >= 0.6 is 11.3 Å². The molecule has 0 atom stereocenters. The van der Waals surface area contributed by atoms with Gasteiger partial charge in [0, 0.05) is 17.3 Å². The van der Waals surface area contributed by atoms with Crippen LogP contribution in [0, 0.1) is 0 Å². The third kappa shape index (κ3) is 5.15. The average Bonchev–Trinajstić information content (AvgIpc) is 2.47. The minimum atomic E-state index is -0.654. The van der Waals surface area contributed by atoms with Crippen molar-refractivity contribution in [2.24, 2.45) is 0 Å². The Kier molecular flexibility index (Phi) is 4.33. The fraction of sp³-hybridized carbons (Fsp3) is 0.769. The van der Waals surface area contributed by atoms with Gasteiger partial charge in [0.1, 0.15) is 5.01 Å². The van der Waals surface area contributed by atoms with Gasteiger partial charge >= 0.3 is 0 Å². The first-order valence-corrected chi connectivity index (χ1v) is 6.82. The molecule has 0 bridgehead atoms. The zero-order valence-electron chi connectivity index (χ0n) is 11.7. The highest BCUT2D eigenvalue weighted by atomic mass is 32.1. The Labute approximate surface area is 108 Å². The van der Waals surface area contributed by atoms with Crippen LogP contribution in [0.25, 0.3) is 0 Å². The van der Waals surface area contributed by atoms with E-state index >= 15 is 0 Å². The van der Waals surface area contributed by atoms with Gasteiger partial charge in [-0.1, -0.05) is 20.8 Å². The van der Waals surface area contributed by atoms with Crippen molar-refractivity contribution in [1.82, 2.24) is 9.88 Å². The largest absolute Gasteiger partial charge is 0.389 e. The van der Waals surface area contributed by atoms with Crippen molar-refractivity contribution in [3.63, 3.8) is 0 Å². The first kappa shape index (κ1) is 14.6. The lowest BCUT2D eigenvalue weighted by molar-refractivity contribution is 0.0424. The van der Waals surface area contributed by atoms with E-state index in [0.29, 0.717) is 6.54 Å². The molecular weight excluding hydrogens is 232 g/mol. The second-order valence-electron chi connectivity index (χ2n) is 6.36. The van der Waals surface area contributed by atoms with Gasteiger partial charge < -0.3 is 5.11 Å². The van der Waals surface area contributed by atoms with Crippen molar-refractivity contribution in [3.05, 3.63) is 16.1 Å². The predicted octanol–water partition coefficient (Wildman–Crippen LogP) is 2.64. The Hall–Kier alpha value is -0.450. The molecule has 0 saturated heterocycles. The Morgan fingerprint density at radius 2 is 1.88 bits per heavy atom. The summed E-state index contributed by atoms with van der Waals surface area (Å²) in [5.74, 6) is 0. The molecule has 3 nitrogen and oxygen atoms in total. The van der Waals surface area contributed by atoms with Gasteiger partial charge in [-0.05, 0) is 20.9 Å². The van der Waals surface area contributed by atoms with E-state index in [1.165, 1.54) is 0 Å². The first-order chi connectivity index (χ1) is 7.58. The summed E-state index contributed by atoms with van der Waals surface area (Å²) in [5.41, 5.74) is 0.608. The molecule has 0 aliphatic heterocycles. The van der Waals surface area contributed by atoms with Crippen LogP contribution in [0.3, 0.4) is 0 Å². The van der Waals surface area contributed by atoms with Crippen molar-refractivity contribution in [2.75, 3.05) is 13.6 Å². The Balaban J connectivity index is 2.61. The number of likely N-dealkylation sites (N-methyl/N-ethyl adjacent to an activating group) is 1. The average molecular weight is 256 g/mol. The predicted molar refractivity (Wildman–Crippen MR) is 73.4 cm³/mol. The fourth-order valence-electron chi connectivity index (χ4n) is 1.68. The van der Waals surface area contributed by atoms with Gasteiger partial charge in [-0.15, -0.1) is 11.3 Å². The zero-order valence-corrected chi connectivity index (χ0v) is 12.6. The highest BCUT2D eigenvalue weighted by molar-refractivity contribution is 7.09. The summed E-state index contributed by atoms with van der Waals surface area (Å²) >= 11 is 1.70. The maximum atomic E-state index is 9.74. The van der Waals surface area contributed by atoms with Gasteiger partial charge in [0.05, 0.1) is 17.8 Å². The SMILES string of the molecule is CN(Cc1nc(C(C)(C)C)cs1)CC(C)(C)O. The summed E-state index contributed by atoms with van der Waals surface area (Å²) in [5, 5.41) is 13.0. The lowest BCUT2D eigenvalue weighted by atomic mass is 9.93. The minimum absolute atomic E-state index is 0.115. The molecule has 0 aliphatic carbocycles. The molecule has 0 amide bonds. The third-order valence-electron chi connectivity index (χ3n) is 2.38. The Morgan fingerprint density at radius 3 is 2.29 bits per heavy atom. The lowest BCUT2D eigenvalue weighted by Gasteiger charge is -2.24. The molecule has 4 heteroatoms. The van der Waals surface area contributed by atoms with E-state index in [4.69, 9.17) is 0 Å². The lowest BCUT2D eigenvalue weighted by Crippen LogP contribution is -2.35. The number of rotatable bonds is 4. The van der Waals surface area contributed by atoms with E-state index in [-0.39, 0.29) is 5.41 Å². The van der Waals surface area contributed by atoms with Crippen LogP contribution in [0.15, 0.2) is 5.38 Å². The fourth-order valence-corrected chi connectivity index (χ4v) is 2.78. The molecule has 1 rings (SSSR count). The normalized spacial score (nSPS) is 13.4. The van der Waals surface area contributed by atoms with Gasteiger partial charge in [0.25, 0.3) is 0 Å². The van der Waals surface area contributed by atoms with Crippen LogP contribution in [-0.4, -0.2) is 34.2 Å². The molecule has 0 saturated carbocycles. The number of hydrogen-bond acceptors (Lipinski definition) is 4. The minimum Gasteiger partial charge on any atom is -0.389 e. The van der Waals surface area contributed by atoms with E-state index in [0.717, 1.165) is 17.2 Å². The molecule has 1 aromatic rings. The highest BCUT2D eigenvalue weighted by Gasteiger charge is 2.19. The molecule has 98 valence electrons. The van der Waals surface area contributed by atoms with Crippen molar-refractivity contribution in [1.29, 1.82) is 0 Å². The molecule has 0 aromatic carbocycles. The van der Waals surface area contributed by atoms with Crippen LogP contribution in [-0.2, 0) is 12.0 Å². The Morgan fingerprint density at radius 1 is 1.29 bits per heavy atom. The van der Waals surface area contributed by atoms with Crippen LogP contribution in [0.2, 0.25) is 0 Å². The van der Waals surface area contributed by atoms with Crippen molar-refractivity contribution in [3.8, 4) is 0 Å². The molecule has 0 fully saturated rings. The summed E-state index contributed by atoms with van der Waals surface area (Å²) in [4.78, 5) is 6.75. The number of nitrogens with zero attached hydrogens (tertiary/aromatic N) is 2. The maximum Gasteiger partial charge on any atom is 0.107 e. The zero-order chi connectivity index (χ0) is 13.3. The van der Waals surface area contributed by atoms with Gasteiger partial charge in [-0.25, -0.2) is 4.98 Å². The number of aromatic nitrogens is 1. The van der Waals surface area contributed by atoms with E-state index in [9.17, 15) is 5.11 Å². The molecule has 1 aromatic heterocycles. The van der Waals surface area contributed by atoms with E-state index < -0.39 is 5.60 Å². The smallest absolute Gasteiger partial charge is 0.107 e. The summed E-state index contributed by atoms with van der Waals surface area (Å²) in [6.45, 7) is 11.6. The number of thiazole rings is 1. The van der Waals surface area contributed by atoms with Gasteiger partial charge in [-0.2, -0.15) is 0 Å². The molecule has 0 unspecified atom stereocenters. The second-order valence-corrected chi connectivity index (χ2v) is 7.30. The van der Waals surface area contributed by atoms with Gasteiger partial charge in [0.2, 0.25) is 0 Å². The molecule has 0 spiro atoms. The van der Waals surface area contributed by atoms with Crippen molar-refractivity contribution >= 4 is 11.3 Å². The highest BCUT2D eigenvalue weighted by Crippen LogP contribution is 2.24. The summed E-state index contributed by atoms with van der Waals surface area (Å²) < 4.78 is 0. The van der Waals surface area contributed by atoms with Crippen molar-refractivity contribution < 1.29 is 5.11 Å². The molecular formula is C13H24N2OS. The van der Waals surface area contributed by atoms with Crippen LogP contribution < -0.4 is 0 Å². The molecule has 1 heterocycles. The van der Waals surface area contributed by atoms with E-state index in [1.807, 2.05) is 20.9 Å². The topological polar surface area (TPSA) is 36.4 Å². The molecule has 0 radical (unpaired) electrons. The molecule has 17 heavy (non-hydrogen) atoms. The van der Waals surface area contributed by atoms with Gasteiger partial charge in [-0.3, -0.25) is 4.90 Å². The summed E-state index contributed by atoms with van der Waals surface area (Å²) in [6.07, 6.45) is 0.